The molecule has 0 fully saturated rings. The van der Waals surface area contributed by atoms with Crippen LogP contribution in [0.25, 0.3) is 0 Å². The van der Waals surface area contributed by atoms with Crippen molar-refractivity contribution in [2.45, 2.75) is 19.0 Å². The molecular formula is C25H23FN2O4. The molecule has 7 heteroatoms. The second-order valence-corrected chi connectivity index (χ2v) is 7.09. The fourth-order valence-corrected chi connectivity index (χ4v) is 2.97. The Morgan fingerprint density at radius 2 is 1.44 bits per heavy atom. The minimum Gasteiger partial charge on any atom is -0.454 e. The number of benzene rings is 3. The Labute approximate surface area is 185 Å². The van der Waals surface area contributed by atoms with Crippen LogP contribution < -0.4 is 10.6 Å². The predicted molar refractivity (Wildman–Crippen MR) is 117 cm³/mol. The molecule has 0 aliphatic heterocycles. The maximum atomic E-state index is 13.0. The summed E-state index contributed by atoms with van der Waals surface area (Å²) in [7, 11) is 0. The van der Waals surface area contributed by atoms with Crippen LogP contribution in [-0.2, 0) is 27.3 Å². The molecule has 0 aliphatic carbocycles. The van der Waals surface area contributed by atoms with E-state index in [-0.39, 0.29) is 18.8 Å². The van der Waals surface area contributed by atoms with Crippen LogP contribution in [0.15, 0.2) is 84.9 Å². The topological polar surface area (TPSA) is 84.5 Å². The largest absolute Gasteiger partial charge is 0.454 e. The Morgan fingerprint density at radius 3 is 2.09 bits per heavy atom. The molecule has 3 rings (SSSR count). The van der Waals surface area contributed by atoms with E-state index in [1.807, 2.05) is 30.3 Å². The number of carbonyl (C=O) groups is 3. The predicted octanol–water partition coefficient (Wildman–Crippen LogP) is 3.03. The highest BCUT2D eigenvalue weighted by Crippen LogP contribution is 2.07. The summed E-state index contributed by atoms with van der Waals surface area (Å²) in [6.45, 7) is -0.318. The van der Waals surface area contributed by atoms with Gasteiger partial charge in [0, 0.05) is 18.5 Å². The fraction of sp³-hybridized carbons (Fsp3) is 0.160. The molecule has 0 radical (unpaired) electrons. The van der Waals surface area contributed by atoms with Crippen molar-refractivity contribution in [3.8, 4) is 0 Å². The van der Waals surface area contributed by atoms with Gasteiger partial charge in [-0.15, -0.1) is 0 Å². The zero-order valence-corrected chi connectivity index (χ0v) is 17.3. The van der Waals surface area contributed by atoms with E-state index in [1.54, 1.807) is 42.5 Å². The van der Waals surface area contributed by atoms with Crippen molar-refractivity contribution in [1.82, 2.24) is 10.6 Å². The van der Waals surface area contributed by atoms with Crippen molar-refractivity contribution >= 4 is 17.8 Å². The molecule has 0 spiro atoms. The average molecular weight is 434 g/mol. The number of ether oxygens (including phenoxy) is 1. The third-order valence-electron chi connectivity index (χ3n) is 4.66. The molecule has 0 aliphatic rings. The van der Waals surface area contributed by atoms with E-state index in [0.717, 1.165) is 5.56 Å². The summed E-state index contributed by atoms with van der Waals surface area (Å²) in [6, 6.07) is 22.5. The van der Waals surface area contributed by atoms with E-state index in [9.17, 15) is 18.8 Å². The van der Waals surface area contributed by atoms with Gasteiger partial charge >= 0.3 is 5.97 Å². The molecular weight excluding hydrogens is 411 g/mol. The molecule has 0 saturated heterocycles. The first-order chi connectivity index (χ1) is 15.5. The highest BCUT2D eigenvalue weighted by Gasteiger charge is 2.24. The average Bonchev–Trinajstić information content (AvgIpc) is 2.83. The second-order valence-electron chi connectivity index (χ2n) is 7.09. The van der Waals surface area contributed by atoms with E-state index in [0.29, 0.717) is 11.1 Å². The highest BCUT2D eigenvalue weighted by molar-refractivity contribution is 5.97. The molecule has 0 aromatic heterocycles. The molecule has 0 heterocycles. The third-order valence-corrected chi connectivity index (χ3v) is 4.66. The zero-order valence-electron chi connectivity index (χ0n) is 17.3. The lowest BCUT2D eigenvalue weighted by molar-refractivity contribution is -0.150. The summed E-state index contributed by atoms with van der Waals surface area (Å²) in [5.41, 5.74) is 1.96. The van der Waals surface area contributed by atoms with Gasteiger partial charge in [-0.3, -0.25) is 9.59 Å². The lowest BCUT2D eigenvalue weighted by atomic mass is 10.1. The Kier molecular flexibility index (Phi) is 8.09. The number of halogens is 1. The summed E-state index contributed by atoms with van der Waals surface area (Å²) >= 11 is 0. The van der Waals surface area contributed by atoms with Gasteiger partial charge in [0.05, 0.1) is 0 Å². The van der Waals surface area contributed by atoms with E-state index >= 15 is 0 Å². The van der Waals surface area contributed by atoms with Gasteiger partial charge in [-0.2, -0.15) is 0 Å². The molecule has 2 N–H and O–H groups in total. The van der Waals surface area contributed by atoms with Gasteiger partial charge in [0.25, 0.3) is 11.8 Å². The molecule has 6 nitrogen and oxygen atoms in total. The molecule has 164 valence electrons. The number of hydrogen-bond donors (Lipinski definition) is 2. The summed E-state index contributed by atoms with van der Waals surface area (Å²) in [4.78, 5) is 37.3. The van der Waals surface area contributed by atoms with Crippen molar-refractivity contribution in [3.63, 3.8) is 0 Å². The summed E-state index contributed by atoms with van der Waals surface area (Å²) in [6.07, 6.45) is 0.218. The summed E-state index contributed by atoms with van der Waals surface area (Å²) in [5.74, 6) is -1.99. The molecule has 0 saturated carbocycles. The Balaban J connectivity index is 1.57. The standard InChI is InChI=1S/C25H23FN2O4/c26-21-13-11-19(12-14-21)16-27-23(29)17-32-25(31)22(15-18-7-3-1-4-8-18)28-24(30)20-9-5-2-6-10-20/h1-14,22H,15-17H2,(H,27,29)(H,28,30). The molecule has 32 heavy (non-hydrogen) atoms. The Bertz CT molecular complexity index is 1040. The van der Waals surface area contributed by atoms with Crippen molar-refractivity contribution in [2.75, 3.05) is 6.61 Å². The maximum absolute atomic E-state index is 13.0. The molecule has 3 aromatic carbocycles. The van der Waals surface area contributed by atoms with E-state index in [4.69, 9.17) is 4.74 Å². The third kappa shape index (κ3) is 7.05. The lowest BCUT2D eigenvalue weighted by Crippen LogP contribution is -2.44. The number of rotatable bonds is 9. The van der Waals surface area contributed by atoms with Crippen LogP contribution in [-0.4, -0.2) is 30.4 Å². The van der Waals surface area contributed by atoms with Crippen LogP contribution >= 0.6 is 0 Å². The minimum absolute atomic E-state index is 0.175. The van der Waals surface area contributed by atoms with Crippen LogP contribution in [0, 0.1) is 5.82 Å². The second kappa shape index (κ2) is 11.4. The van der Waals surface area contributed by atoms with Gasteiger partial charge in [0.1, 0.15) is 11.9 Å². The highest BCUT2D eigenvalue weighted by atomic mass is 19.1. The molecule has 0 bridgehead atoms. The molecule has 1 atom stereocenters. The molecule has 3 aromatic rings. The zero-order chi connectivity index (χ0) is 22.8. The van der Waals surface area contributed by atoms with E-state index < -0.39 is 30.4 Å². The SMILES string of the molecule is O=C(COC(=O)C(Cc1ccccc1)NC(=O)c1ccccc1)NCc1ccc(F)cc1. The van der Waals surface area contributed by atoms with Gasteiger partial charge < -0.3 is 15.4 Å². The number of carbonyl (C=O) groups excluding carboxylic acids is 3. The van der Waals surface area contributed by atoms with Gasteiger partial charge in [0.15, 0.2) is 6.61 Å². The van der Waals surface area contributed by atoms with Crippen molar-refractivity contribution < 1.29 is 23.5 Å². The van der Waals surface area contributed by atoms with E-state index in [2.05, 4.69) is 10.6 Å². The smallest absolute Gasteiger partial charge is 0.329 e. The summed E-state index contributed by atoms with van der Waals surface area (Å²) < 4.78 is 18.1. The quantitative estimate of drug-likeness (QED) is 0.507. The van der Waals surface area contributed by atoms with Crippen LogP contribution in [0.1, 0.15) is 21.5 Å². The maximum Gasteiger partial charge on any atom is 0.329 e. The summed E-state index contributed by atoms with van der Waals surface area (Å²) in [5, 5.41) is 5.29. The molecule has 2 amide bonds. The first-order valence-electron chi connectivity index (χ1n) is 10.1. The van der Waals surface area contributed by atoms with Gasteiger partial charge in [-0.25, -0.2) is 9.18 Å². The normalized spacial score (nSPS) is 11.3. The van der Waals surface area contributed by atoms with Crippen LogP contribution in [0.2, 0.25) is 0 Å². The first kappa shape index (κ1) is 22.7. The van der Waals surface area contributed by atoms with Crippen LogP contribution in [0.5, 0.6) is 0 Å². The number of amides is 2. The number of hydrogen-bond acceptors (Lipinski definition) is 4. The minimum atomic E-state index is -0.963. The van der Waals surface area contributed by atoms with Gasteiger partial charge in [-0.1, -0.05) is 60.7 Å². The van der Waals surface area contributed by atoms with Crippen LogP contribution in [0.3, 0.4) is 0 Å². The van der Waals surface area contributed by atoms with Crippen molar-refractivity contribution in [1.29, 1.82) is 0 Å². The number of nitrogens with one attached hydrogen (secondary N) is 2. The van der Waals surface area contributed by atoms with Crippen molar-refractivity contribution in [2.24, 2.45) is 0 Å². The fourth-order valence-electron chi connectivity index (χ4n) is 2.97. The van der Waals surface area contributed by atoms with Gasteiger partial charge in [-0.05, 0) is 35.4 Å². The number of esters is 1. The Morgan fingerprint density at radius 1 is 0.812 bits per heavy atom. The monoisotopic (exact) mass is 434 g/mol. The molecule has 1 unspecified atom stereocenters. The van der Waals surface area contributed by atoms with Crippen LogP contribution in [0.4, 0.5) is 4.39 Å². The van der Waals surface area contributed by atoms with Crippen molar-refractivity contribution in [3.05, 3.63) is 107 Å². The van der Waals surface area contributed by atoms with Gasteiger partial charge in [0.2, 0.25) is 0 Å². The first-order valence-corrected chi connectivity index (χ1v) is 10.1. The van der Waals surface area contributed by atoms with E-state index in [1.165, 1.54) is 12.1 Å². The lowest BCUT2D eigenvalue weighted by Gasteiger charge is -2.18. The Hall–Kier alpha value is -4.00.